The number of amides is 1. The molecule has 0 bridgehead atoms. The van der Waals surface area contributed by atoms with Crippen LogP contribution in [-0.4, -0.2) is 12.5 Å². The van der Waals surface area contributed by atoms with Crippen molar-refractivity contribution in [2.45, 2.75) is 25.4 Å². The highest BCUT2D eigenvalue weighted by molar-refractivity contribution is 5.85. The molecule has 1 unspecified atom stereocenters. The molecule has 2 aromatic carbocycles. The number of carbonyl (C=O) groups excluding carboxylic acids is 1. The zero-order chi connectivity index (χ0) is 14.7. The Hall–Kier alpha value is -2.13. The van der Waals surface area contributed by atoms with E-state index >= 15 is 0 Å². The minimum Gasteiger partial charge on any atom is -0.349 e. The van der Waals surface area contributed by atoms with Crippen molar-refractivity contribution >= 4 is 5.91 Å². The van der Waals surface area contributed by atoms with Crippen LogP contribution >= 0.6 is 0 Å². The molecule has 3 heteroatoms. The third kappa shape index (κ3) is 2.98. The van der Waals surface area contributed by atoms with E-state index in [1.165, 1.54) is 5.56 Å². The Bertz CT molecular complexity index is 624. The van der Waals surface area contributed by atoms with E-state index in [0.29, 0.717) is 6.54 Å². The van der Waals surface area contributed by atoms with E-state index in [9.17, 15) is 4.79 Å². The first kappa shape index (κ1) is 13.8. The van der Waals surface area contributed by atoms with Gasteiger partial charge in [-0.05, 0) is 23.6 Å². The molecule has 0 aliphatic carbocycles. The minimum absolute atomic E-state index is 0.0211. The Morgan fingerprint density at radius 1 is 1.14 bits per heavy atom. The van der Waals surface area contributed by atoms with Crippen molar-refractivity contribution < 1.29 is 4.79 Å². The van der Waals surface area contributed by atoms with Crippen molar-refractivity contribution in [1.82, 2.24) is 10.6 Å². The third-order valence-corrected chi connectivity index (χ3v) is 4.07. The largest absolute Gasteiger partial charge is 0.349 e. The Kier molecular flexibility index (Phi) is 4.02. The lowest BCUT2D eigenvalue weighted by atomic mass is 9.90. The fourth-order valence-electron chi connectivity index (χ4n) is 2.87. The second kappa shape index (κ2) is 6.10. The lowest BCUT2D eigenvalue weighted by molar-refractivity contribution is -0.123. The molecule has 2 atom stereocenters. The van der Waals surface area contributed by atoms with Gasteiger partial charge in [-0.25, -0.2) is 0 Å². The van der Waals surface area contributed by atoms with Crippen LogP contribution in [0.3, 0.4) is 0 Å². The minimum atomic E-state index is -0.110. The summed E-state index contributed by atoms with van der Waals surface area (Å²) in [5.41, 5.74) is 3.49. The molecule has 1 heterocycles. The molecule has 3 nitrogen and oxygen atoms in total. The first-order valence-corrected chi connectivity index (χ1v) is 7.39. The molecule has 0 saturated heterocycles. The van der Waals surface area contributed by atoms with Crippen molar-refractivity contribution in [2.75, 3.05) is 6.54 Å². The SMILES string of the molecule is C[C@H](NC(=O)C1CNCc2ccccc21)c1ccccc1. The average Bonchev–Trinajstić information content (AvgIpc) is 2.55. The fourth-order valence-corrected chi connectivity index (χ4v) is 2.87. The van der Waals surface area contributed by atoms with Gasteiger partial charge in [-0.3, -0.25) is 4.79 Å². The maximum atomic E-state index is 12.6. The lowest BCUT2D eigenvalue weighted by Crippen LogP contribution is -2.39. The van der Waals surface area contributed by atoms with Crippen LogP contribution in [-0.2, 0) is 11.3 Å². The van der Waals surface area contributed by atoms with Gasteiger partial charge in [0.2, 0.25) is 5.91 Å². The smallest absolute Gasteiger partial charge is 0.229 e. The standard InChI is InChI=1S/C18H20N2O/c1-13(14-7-3-2-4-8-14)20-18(21)17-12-19-11-15-9-5-6-10-16(15)17/h2-10,13,17,19H,11-12H2,1H3,(H,20,21)/t13-,17?/m0/s1. The summed E-state index contributed by atoms with van der Waals surface area (Å²) in [6, 6.07) is 18.3. The van der Waals surface area contributed by atoms with Crippen molar-refractivity contribution in [3.8, 4) is 0 Å². The van der Waals surface area contributed by atoms with E-state index < -0.39 is 0 Å². The second-order valence-electron chi connectivity index (χ2n) is 5.52. The number of carbonyl (C=O) groups is 1. The molecule has 0 saturated carbocycles. The van der Waals surface area contributed by atoms with E-state index in [1.54, 1.807) is 0 Å². The summed E-state index contributed by atoms with van der Waals surface area (Å²) in [5.74, 6) is -0.0212. The maximum Gasteiger partial charge on any atom is 0.229 e. The van der Waals surface area contributed by atoms with Crippen LogP contribution in [0.5, 0.6) is 0 Å². The van der Waals surface area contributed by atoms with Gasteiger partial charge in [0.15, 0.2) is 0 Å². The van der Waals surface area contributed by atoms with Gasteiger partial charge < -0.3 is 10.6 Å². The molecule has 1 amide bonds. The average molecular weight is 280 g/mol. The van der Waals surface area contributed by atoms with Gasteiger partial charge in [0.25, 0.3) is 0 Å². The van der Waals surface area contributed by atoms with Gasteiger partial charge in [-0.15, -0.1) is 0 Å². The van der Waals surface area contributed by atoms with Crippen LogP contribution < -0.4 is 10.6 Å². The molecule has 0 aromatic heterocycles. The zero-order valence-corrected chi connectivity index (χ0v) is 12.2. The molecule has 3 rings (SSSR count). The maximum absolute atomic E-state index is 12.6. The van der Waals surface area contributed by atoms with Gasteiger partial charge in [-0.2, -0.15) is 0 Å². The topological polar surface area (TPSA) is 41.1 Å². The van der Waals surface area contributed by atoms with Gasteiger partial charge >= 0.3 is 0 Å². The summed E-state index contributed by atoms with van der Waals surface area (Å²) >= 11 is 0. The quantitative estimate of drug-likeness (QED) is 0.907. The fraction of sp³-hybridized carbons (Fsp3) is 0.278. The summed E-state index contributed by atoms with van der Waals surface area (Å²) in [6.45, 7) is 3.56. The number of hydrogen-bond donors (Lipinski definition) is 2. The summed E-state index contributed by atoms with van der Waals surface area (Å²) in [6.07, 6.45) is 0. The monoisotopic (exact) mass is 280 g/mol. The van der Waals surface area contributed by atoms with Crippen LogP contribution in [0.4, 0.5) is 0 Å². The van der Waals surface area contributed by atoms with Crippen LogP contribution in [0, 0.1) is 0 Å². The van der Waals surface area contributed by atoms with Crippen molar-refractivity contribution in [1.29, 1.82) is 0 Å². The van der Waals surface area contributed by atoms with Crippen LogP contribution in [0.15, 0.2) is 54.6 Å². The normalized spacial score (nSPS) is 18.6. The van der Waals surface area contributed by atoms with E-state index in [-0.39, 0.29) is 17.9 Å². The molecule has 1 aliphatic heterocycles. The Labute approximate surface area is 125 Å². The second-order valence-corrected chi connectivity index (χ2v) is 5.52. The summed E-state index contributed by atoms with van der Waals surface area (Å²) in [7, 11) is 0. The molecular weight excluding hydrogens is 260 g/mol. The lowest BCUT2D eigenvalue weighted by Gasteiger charge is -2.27. The van der Waals surface area contributed by atoms with Gasteiger partial charge in [-0.1, -0.05) is 54.6 Å². The molecular formula is C18H20N2O. The van der Waals surface area contributed by atoms with E-state index in [1.807, 2.05) is 49.4 Å². The van der Waals surface area contributed by atoms with Crippen molar-refractivity contribution in [3.63, 3.8) is 0 Å². The van der Waals surface area contributed by atoms with E-state index in [2.05, 4.69) is 22.8 Å². The number of rotatable bonds is 3. The van der Waals surface area contributed by atoms with Crippen molar-refractivity contribution in [3.05, 3.63) is 71.3 Å². The molecule has 2 aromatic rings. The van der Waals surface area contributed by atoms with Crippen LogP contribution in [0.1, 0.15) is 35.6 Å². The predicted molar refractivity (Wildman–Crippen MR) is 83.9 cm³/mol. The van der Waals surface area contributed by atoms with Crippen LogP contribution in [0.25, 0.3) is 0 Å². The highest BCUT2D eigenvalue weighted by Crippen LogP contribution is 2.25. The Balaban J connectivity index is 1.75. The predicted octanol–water partition coefficient (Wildman–Crippen LogP) is 2.75. The molecule has 0 fully saturated rings. The summed E-state index contributed by atoms with van der Waals surface area (Å²) < 4.78 is 0. The van der Waals surface area contributed by atoms with Crippen molar-refractivity contribution in [2.24, 2.45) is 0 Å². The van der Waals surface area contributed by atoms with Gasteiger partial charge in [0.1, 0.15) is 0 Å². The first-order valence-electron chi connectivity index (χ1n) is 7.39. The highest BCUT2D eigenvalue weighted by Gasteiger charge is 2.26. The third-order valence-electron chi connectivity index (χ3n) is 4.07. The van der Waals surface area contributed by atoms with E-state index in [4.69, 9.17) is 0 Å². The Morgan fingerprint density at radius 3 is 2.67 bits per heavy atom. The molecule has 21 heavy (non-hydrogen) atoms. The number of nitrogens with one attached hydrogen (secondary N) is 2. The number of hydrogen-bond acceptors (Lipinski definition) is 2. The summed E-state index contributed by atoms with van der Waals surface area (Å²) in [5, 5.41) is 6.45. The molecule has 2 N–H and O–H groups in total. The number of fused-ring (bicyclic) bond motifs is 1. The molecule has 1 aliphatic rings. The van der Waals surface area contributed by atoms with Gasteiger partial charge in [0, 0.05) is 13.1 Å². The number of benzene rings is 2. The summed E-state index contributed by atoms with van der Waals surface area (Å²) in [4.78, 5) is 12.6. The molecule has 108 valence electrons. The molecule has 0 spiro atoms. The highest BCUT2D eigenvalue weighted by atomic mass is 16.2. The van der Waals surface area contributed by atoms with Gasteiger partial charge in [0.05, 0.1) is 12.0 Å². The first-order chi connectivity index (χ1) is 10.3. The Morgan fingerprint density at radius 2 is 1.86 bits per heavy atom. The van der Waals surface area contributed by atoms with E-state index in [0.717, 1.165) is 17.7 Å². The van der Waals surface area contributed by atoms with Crippen LogP contribution in [0.2, 0.25) is 0 Å². The zero-order valence-electron chi connectivity index (χ0n) is 12.2. The molecule has 0 radical (unpaired) electrons.